The molecular formula is C11H22O2. The van der Waals surface area contributed by atoms with Crippen LogP contribution in [-0.2, 0) is 9.53 Å². The van der Waals surface area contributed by atoms with Gasteiger partial charge in [-0.25, -0.2) is 0 Å². The molecule has 0 aromatic carbocycles. The van der Waals surface area contributed by atoms with Gasteiger partial charge in [0.25, 0.3) is 0 Å². The number of ether oxygens (including phenoxy) is 1. The van der Waals surface area contributed by atoms with E-state index in [9.17, 15) is 4.79 Å². The first-order valence-electron chi connectivity index (χ1n) is 5.36. The van der Waals surface area contributed by atoms with Gasteiger partial charge in [-0.2, -0.15) is 0 Å². The van der Waals surface area contributed by atoms with Crippen molar-refractivity contribution in [2.24, 2.45) is 5.92 Å². The Bertz CT molecular complexity index is 132. The molecule has 1 atom stereocenters. The van der Waals surface area contributed by atoms with Gasteiger partial charge in [0.1, 0.15) is 0 Å². The number of carbonyl (C=O) groups is 1. The zero-order valence-corrected chi connectivity index (χ0v) is 9.14. The predicted molar refractivity (Wildman–Crippen MR) is 54.6 cm³/mol. The van der Waals surface area contributed by atoms with Gasteiger partial charge in [0.05, 0.1) is 6.61 Å². The van der Waals surface area contributed by atoms with E-state index in [-0.39, 0.29) is 5.97 Å². The maximum Gasteiger partial charge on any atom is 0.306 e. The molecule has 0 fully saturated rings. The summed E-state index contributed by atoms with van der Waals surface area (Å²) in [6.45, 7) is 6.66. The molecule has 2 nitrogen and oxygen atoms in total. The first kappa shape index (κ1) is 12.5. The van der Waals surface area contributed by atoms with E-state index in [1.54, 1.807) is 0 Å². The van der Waals surface area contributed by atoms with Crippen LogP contribution in [0.3, 0.4) is 0 Å². The number of esters is 1. The number of carbonyl (C=O) groups excluding carboxylic acids is 1. The average Bonchev–Trinajstić information content (AvgIpc) is 2.05. The second-order valence-electron chi connectivity index (χ2n) is 3.61. The lowest BCUT2D eigenvalue weighted by molar-refractivity contribution is -0.144. The van der Waals surface area contributed by atoms with Crippen LogP contribution in [0.2, 0.25) is 0 Å². The molecule has 0 rings (SSSR count). The first-order chi connectivity index (χ1) is 6.20. The second-order valence-corrected chi connectivity index (χ2v) is 3.61. The molecule has 1 unspecified atom stereocenters. The highest BCUT2D eigenvalue weighted by Crippen LogP contribution is 2.13. The Morgan fingerprint density at radius 1 is 1.31 bits per heavy atom. The molecule has 0 saturated heterocycles. The highest BCUT2D eigenvalue weighted by molar-refractivity contribution is 5.69. The smallest absolute Gasteiger partial charge is 0.306 e. The number of unbranched alkanes of at least 4 members (excludes halogenated alkanes) is 2. The van der Waals surface area contributed by atoms with Crippen LogP contribution in [0.1, 0.15) is 52.9 Å². The van der Waals surface area contributed by atoms with Crippen molar-refractivity contribution in [2.75, 3.05) is 6.61 Å². The lowest BCUT2D eigenvalue weighted by atomic mass is 10.0. The van der Waals surface area contributed by atoms with Gasteiger partial charge < -0.3 is 4.74 Å². The summed E-state index contributed by atoms with van der Waals surface area (Å²) in [5.41, 5.74) is 0. The van der Waals surface area contributed by atoms with Crippen molar-refractivity contribution in [1.29, 1.82) is 0 Å². The van der Waals surface area contributed by atoms with Crippen molar-refractivity contribution in [2.45, 2.75) is 52.9 Å². The Morgan fingerprint density at radius 2 is 2.00 bits per heavy atom. The highest BCUT2D eigenvalue weighted by Gasteiger charge is 2.08. The molecule has 0 aromatic rings. The van der Waals surface area contributed by atoms with Crippen molar-refractivity contribution in [3.05, 3.63) is 0 Å². The summed E-state index contributed by atoms with van der Waals surface area (Å²) in [4.78, 5) is 11.1. The van der Waals surface area contributed by atoms with E-state index in [2.05, 4.69) is 13.8 Å². The minimum atomic E-state index is -0.0495. The van der Waals surface area contributed by atoms with E-state index in [1.807, 2.05) is 6.92 Å². The monoisotopic (exact) mass is 186 g/mol. The fourth-order valence-electron chi connectivity index (χ4n) is 1.35. The summed E-state index contributed by atoms with van der Waals surface area (Å²) in [5.74, 6) is 0.428. The topological polar surface area (TPSA) is 26.3 Å². The maximum atomic E-state index is 11.1. The van der Waals surface area contributed by atoms with Crippen molar-refractivity contribution in [1.82, 2.24) is 0 Å². The Balaban J connectivity index is 3.38. The molecule has 0 saturated carbocycles. The van der Waals surface area contributed by atoms with Crippen LogP contribution in [0.15, 0.2) is 0 Å². The van der Waals surface area contributed by atoms with Crippen LogP contribution in [0, 0.1) is 5.92 Å². The fourth-order valence-corrected chi connectivity index (χ4v) is 1.35. The summed E-state index contributed by atoms with van der Waals surface area (Å²) in [6, 6.07) is 0. The minimum Gasteiger partial charge on any atom is -0.466 e. The Morgan fingerprint density at radius 3 is 2.54 bits per heavy atom. The number of hydrogen-bond donors (Lipinski definition) is 0. The normalized spacial score (nSPS) is 12.5. The van der Waals surface area contributed by atoms with Crippen LogP contribution >= 0.6 is 0 Å². The average molecular weight is 186 g/mol. The zero-order chi connectivity index (χ0) is 10.1. The summed E-state index contributed by atoms with van der Waals surface area (Å²) in [7, 11) is 0. The molecule has 0 bridgehead atoms. The largest absolute Gasteiger partial charge is 0.466 e. The van der Waals surface area contributed by atoms with E-state index in [1.165, 1.54) is 19.3 Å². The fraction of sp³-hybridized carbons (Fsp3) is 0.909. The van der Waals surface area contributed by atoms with E-state index >= 15 is 0 Å². The zero-order valence-electron chi connectivity index (χ0n) is 9.14. The van der Waals surface area contributed by atoms with Crippen LogP contribution in [0.25, 0.3) is 0 Å². The SMILES string of the molecule is CCCCCC(C)CC(=O)OCC. The first-order valence-corrected chi connectivity index (χ1v) is 5.36. The van der Waals surface area contributed by atoms with Gasteiger partial charge in [-0.15, -0.1) is 0 Å². The van der Waals surface area contributed by atoms with E-state index in [0.717, 1.165) is 6.42 Å². The number of rotatable bonds is 7. The van der Waals surface area contributed by atoms with Gasteiger partial charge in [0.15, 0.2) is 0 Å². The van der Waals surface area contributed by atoms with Gasteiger partial charge in [0, 0.05) is 6.42 Å². The van der Waals surface area contributed by atoms with Gasteiger partial charge in [-0.05, 0) is 12.8 Å². The second kappa shape index (κ2) is 8.09. The van der Waals surface area contributed by atoms with Gasteiger partial charge in [0.2, 0.25) is 0 Å². The predicted octanol–water partition coefficient (Wildman–Crippen LogP) is 3.16. The minimum absolute atomic E-state index is 0.0495. The molecule has 0 amide bonds. The Labute approximate surface area is 81.7 Å². The van der Waals surface area contributed by atoms with Crippen LogP contribution in [0.5, 0.6) is 0 Å². The molecule has 0 heterocycles. The number of hydrogen-bond acceptors (Lipinski definition) is 2. The molecule has 13 heavy (non-hydrogen) atoms. The summed E-state index contributed by atoms with van der Waals surface area (Å²) < 4.78 is 4.88. The third-order valence-corrected chi connectivity index (χ3v) is 2.12. The third-order valence-electron chi connectivity index (χ3n) is 2.12. The van der Waals surface area contributed by atoms with Gasteiger partial charge >= 0.3 is 5.97 Å². The van der Waals surface area contributed by atoms with Crippen molar-refractivity contribution in [3.8, 4) is 0 Å². The third kappa shape index (κ3) is 7.82. The molecule has 0 spiro atoms. The Hall–Kier alpha value is -0.530. The van der Waals surface area contributed by atoms with Gasteiger partial charge in [-0.1, -0.05) is 39.5 Å². The quantitative estimate of drug-likeness (QED) is 0.451. The lowest BCUT2D eigenvalue weighted by Crippen LogP contribution is -2.09. The lowest BCUT2D eigenvalue weighted by Gasteiger charge is -2.09. The molecule has 0 N–H and O–H groups in total. The van der Waals surface area contributed by atoms with Crippen LogP contribution in [-0.4, -0.2) is 12.6 Å². The summed E-state index contributed by atoms with van der Waals surface area (Å²) in [5, 5.41) is 0. The maximum absolute atomic E-state index is 11.1. The van der Waals surface area contributed by atoms with Gasteiger partial charge in [-0.3, -0.25) is 4.79 Å². The molecule has 0 aliphatic heterocycles. The van der Waals surface area contributed by atoms with E-state index < -0.39 is 0 Å². The van der Waals surface area contributed by atoms with Crippen LogP contribution < -0.4 is 0 Å². The van der Waals surface area contributed by atoms with E-state index in [0.29, 0.717) is 18.9 Å². The molecule has 2 heteroatoms. The summed E-state index contributed by atoms with van der Waals surface area (Å²) >= 11 is 0. The molecule has 0 radical (unpaired) electrons. The molecule has 78 valence electrons. The molecule has 0 aromatic heterocycles. The Kier molecular flexibility index (Phi) is 7.76. The summed E-state index contributed by atoms with van der Waals surface area (Å²) in [6.07, 6.45) is 5.47. The molecule has 0 aliphatic carbocycles. The van der Waals surface area contributed by atoms with Crippen molar-refractivity contribution < 1.29 is 9.53 Å². The standard InChI is InChI=1S/C11H22O2/c1-4-6-7-8-10(3)9-11(12)13-5-2/h10H,4-9H2,1-3H3. The van der Waals surface area contributed by atoms with Crippen molar-refractivity contribution in [3.63, 3.8) is 0 Å². The molecule has 0 aliphatic rings. The van der Waals surface area contributed by atoms with Crippen molar-refractivity contribution >= 4 is 5.97 Å². The highest BCUT2D eigenvalue weighted by atomic mass is 16.5. The molecular weight excluding hydrogens is 164 g/mol. The van der Waals surface area contributed by atoms with E-state index in [4.69, 9.17) is 4.74 Å². The van der Waals surface area contributed by atoms with Crippen LogP contribution in [0.4, 0.5) is 0 Å².